The second-order valence-corrected chi connectivity index (χ2v) is 6.72. The molecule has 2 aliphatic heterocycles. The first kappa shape index (κ1) is 16.9. The minimum Gasteiger partial charge on any atom is -0.393 e. The van der Waals surface area contributed by atoms with Crippen LogP contribution in [-0.4, -0.2) is 53.1 Å². The van der Waals surface area contributed by atoms with Crippen molar-refractivity contribution in [1.82, 2.24) is 4.90 Å². The first-order chi connectivity index (χ1) is 11.5. The van der Waals surface area contributed by atoms with Crippen molar-refractivity contribution >= 4 is 17.3 Å². The van der Waals surface area contributed by atoms with Gasteiger partial charge in [-0.25, -0.2) is 0 Å². The molecule has 1 unspecified atom stereocenters. The third-order valence-electron chi connectivity index (χ3n) is 5.14. The molecule has 1 atom stereocenters. The summed E-state index contributed by atoms with van der Waals surface area (Å²) in [7, 11) is 0. The van der Waals surface area contributed by atoms with Crippen LogP contribution < -0.4 is 4.90 Å². The molecule has 130 valence electrons. The number of likely N-dealkylation sites (tertiary alicyclic amines) is 1. The van der Waals surface area contributed by atoms with Gasteiger partial charge in [0.25, 0.3) is 5.69 Å². The van der Waals surface area contributed by atoms with Crippen molar-refractivity contribution in [2.75, 3.05) is 31.1 Å². The summed E-state index contributed by atoms with van der Waals surface area (Å²) in [5.41, 5.74) is 1.73. The number of nitro groups is 1. The number of amides is 1. The van der Waals surface area contributed by atoms with Crippen molar-refractivity contribution in [3.05, 3.63) is 33.9 Å². The first-order valence-corrected chi connectivity index (χ1v) is 8.44. The number of hydrogen-bond acceptors (Lipinski definition) is 5. The zero-order valence-corrected chi connectivity index (χ0v) is 13.9. The molecule has 1 amide bonds. The zero-order chi connectivity index (χ0) is 17.3. The van der Waals surface area contributed by atoms with Gasteiger partial charge < -0.3 is 10.0 Å². The summed E-state index contributed by atoms with van der Waals surface area (Å²) in [4.78, 5) is 26.9. The van der Waals surface area contributed by atoms with E-state index >= 15 is 0 Å². The molecule has 7 nitrogen and oxygen atoms in total. The molecule has 1 saturated heterocycles. The Morgan fingerprint density at radius 2 is 2.08 bits per heavy atom. The number of non-ortho nitro benzene ring substituents is 1. The topological polar surface area (TPSA) is 86.9 Å². The SMILES string of the molecule is CC(O)C1CCN(CC(=O)N2CCc3cc([N+](=O)[O-])ccc32)CC1. The standard InChI is InChI=1S/C17H23N3O4/c1-12(21)13-4-7-18(8-5-13)11-17(22)19-9-6-14-10-15(20(23)24)2-3-16(14)19/h2-3,10,12-13,21H,4-9,11H2,1H3. The molecule has 0 bridgehead atoms. The van der Waals surface area contributed by atoms with E-state index in [1.807, 2.05) is 6.92 Å². The molecular formula is C17H23N3O4. The maximum atomic E-state index is 12.6. The van der Waals surface area contributed by atoms with E-state index in [0.29, 0.717) is 25.4 Å². The molecule has 0 spiro atoms. The number of nitrogens with zero attached hydrogens (tertiary/aromatic N) is 3. The lowest BCUT2D eigenvalue weighted by Crippen LogP contribution is -2.44. The fourth-order valence-electron chi connectivity index (χ4n) is 3.63. The number of benzene rings is 1. The van der Waals surface area contributed by atoms with Crippen LogP contribution in [0.15, 0.2) is 18.2 Å². The summed E-state index contributed by atoms with van der Waals surface area (Å²) in [5, 5.41) is 20.5. The third kappa shape index (κ3) is 3.42. The van der Waals surface area contributed by atoms with Crippen molar-refractivity contribution in [2.45, 2.75) is 32.3 Å². The highest BCUT2D eigenvalue weighted by Gasteiger charge is 2.29. The molecule has 2 aliphatic rings. The molecule has 3 rings (SSSR count). The molecular weight excluding hydrogens is 310 g/mol. The monoisotopic (exact) mass is 333 g/mol. The number of rotatable bonds is 4. The Balaban J connectivity index is 1.61. The second kappa shape index (κ2) is 6.86. The molecule has 0 aliphatic carbocycles. The van der Waals surface area contributed by atoms with Gasteiger partial charge in [0.2, 0.25) is 5.91 Å². The summed E-state index contributed by atoms with van der Waals surface area (Å²) in [5.74, 6) is 0.363. The van der Waals surface area contributed by atoms with Gasteiger partial charge >= 0.3 is 0 Å². The van der Waals surface area contributed by atoms with Gasteiger partial charge in [-0.2, -0.15) is 0 Å². The normalized spacial score (nSPS) is 20.0. The summed E-state index contributed by atoms with van der Waals surface area (Å²) in [6.07, 6.45) is 2.19. The van der Waals surface area contributed by atoms with Gasteiger partial charge in [-0.05, 0) is 56.8 Å². The van der Waals surface area contributed by atoms with E-state index in [1.54, 1.807) is 17.0 Å². The molecule has 0 radical (unpaired) electrons. The molecule has 1 fully saturated rings. The van der Waals surface area contributed by atoms with E-state index in [0.717, 1.165) is 37.2 Å². The number of anilines is 1. The number of nitro benzene ring substituents is 1. The van der Waals surface area contributed by atoms with Gasteiger partial charge in [0.05, 0.1) is 17.6 Å². The van der Waals surface area contributed by atoms with Gasteiger partial charge in [0.15, 0.2) is 0 Å². The number of piperidine rings is 1. The summed E-state index contributed by atoms with van der Waals surface area (Å²) < 4.78 is 0. The van der Waals surface area contributed by atoms with Crippen molar-refractivity contribution < 1.29 is 14.8 Å². The molecule has 1 aromatic rings. The fourth-order valence-corrected chi connectivity index (χ4v) is 3.63. The summed E-state index contributed by atoms with van der Waals surface area (Å²) in [6, 6.07) is 4.70. The lowest BCUT2D eigenvalue weighted by molar-refractivity contribution is -0.384. The Labute approximate surface area is 141 Å². The Bertz CT molecular complexity index is 639. The molecule has 7 heteroatoms. The van der Waals surface area contributed by atoms with Gasteiger partial charge in [-0.15, -0.1) is 0 Å². The minimum atomic E-state index is -0.406. The predicted octanol–water partition coefficient (Wildman–Crippen LogP) is 1.58. The lowest BCUT2D eigenvalue weighted by Gasteiger charge is -2.33. The molecule has 1 N–H and O–H groups in total. The van der Waals surface area contributed by atoms with Crippen molar-refractivity contribution in [1.29, 1.82) is 0 Å². The van der Waals surface area contributed by atoms with Crippen LogP contribution in [0.1, 0.15) is 25.3 Å². The Morgan fingerprint density at radius 3 is 2.71 bits per heavy atom. The van der Waals surface area contributed by atoms with E-state index in [1.165, 1.54) is 6.07 Å². The van der Waals surface area contributed by atoms with Crippen LogP contribution in [0.2, 0.25) is 0 Å². The van der Waals surface area contributed by atoms with Crippen molar-refractivity contribution in [2.24, 2.45) is 5.92 Å². The number of carbonyl (C=O) groups excluding carboxylic acids is 1. The average Bonchev–Trinajstić information content (AvgIpc) is 2.98. The number of carbonyl (C=O) groups is 1. The second-order valence-electron chi connectivity index (χ2n) is 6.72. The van der Waals surface area contributed by atoms with Crippen LogP contribution in [0.5, 0.6) is 0 Å². The Morgan fingerprint density at radius 1 is 1.38 bits per heavy atom. The van der Waals surface area contributed by atoms with Gasteiger partial charge in [-0.1, -0.05) is 0 Å². The highest BCUT2D eigenvalue weighted by molar-refractivity contribution is 5.97. The third-order valence-corrected chi connectivity index (χ3v) is 5.14. The average molecular weight is 333 g/mol. The number of aliphatic hydroxyl groups excluding tert-OH is 1. The van der Waals surface area contributed by atoms with Crippen LogP contribution in [-0.2, 0) is 11.2 Å². The molecule has 1 aromatic carbocycles. The van der Waals surface area contributed by atoms with Crippen LogP contribution in [0, 0.1) is 16.0 Å². The van der Waals surface area contributed by atoms with E-state index in [4.69, 9.17) is 0 Å². The van der Waals surface area contributed by atoms with Gasteiger partial charge in [-0.3, -0.25) is 19.8 Å². The Kier molecular flexibility index (Phi) is 4.82. The maximum absolute atomic E-state index is 12.6. The first-order valence-electron chi connectivity index (χ1n) is 8.44. The van der Waals surface area contributed by atoms with Crippen LogP contribution in [0.4, 0.5) is 11.4 Å². The smallest absolute Gasteiger partial charge is 0.269 e. The number of hydrogen-bond donors (Lipinski definition) is 1. The Hall–Kier alpha value is -1.99. The van der Waals surface area contributed by atoms with Crippen LogP contribution >= 0.6 is 0 Å². The largest absolute Gasteiger partial charge is 0.393 e. The van der Waals surface area contributed by atoms with Crippen LogP contribution in [0.25, 0.3) is 0 Å². The predicted molar refractivity (Wildman–Crippen MR) is 90.0 cm³/mol. The number of aliphatic hydroxyl groups is 1. The quantitative estimate of drug-likeness (QED) is 0.668. The van der Waals surface area contributed by atoms with Gasteiger partial charge in [0, 0.05) is 24.4 Å². The molecule has 2 heterocycles. The van der Waals surface area contributed by atoms with E-state index in [9.17, 15) is 20.0 Å². The van der Waals surface area contributed by atoms with Crippen molar-refractivity contribution in [3.8, 4) is 0 Å². The van der Waals surface area contributed by atoms with E-state index < -0.39 is 4.92 Å². The highest BCUT2D eigenvalue weighted by Crippen LogP contribution is 2.31. The van der Waals surface area contributed by atoms with Crippen LogP contribution in [0.3, 0.4) is 0 Å². The lowest BCUT2D eigenvalue weighted by atomic mass is 9.92. The summed E-state index contributed by atoms with van der Waals surface area (Å²) >= 11 is 0. The maximum Gasteiger partial charge on any atom is 0.269 e. The highest BCUT2D eigenvalue weighted by atomic mass is 16.6. The molecule has 24 heavy (non-hydrogen) atoms. The van der Waals surface area contributed by atoms with E-state index in [2.05, 4.69) is 4.90 Å². The van der Waals surface area contributed by atoms with E-state index in [-0.39, 0.29) is 17.7 Å². The number of fused-ring (bicyclic) bond motifs is 1. The summed E-state index contributed by atoms with van der Waals surface area (Å²) in [6.45, 7) is 4.42. The molecule has 0 saturated carbocycles. The molecule has 0 aromatic heterocycles. The zero-order valence-electron chi connectivity index (χ0n) is 13.9. The van der Waals surface area contributed by atoms with Crippen molar-refractivity contribution in [3.63, 3.8) is 0 Å². The minimum absolute atomic E-state index is 0.0399. The fraction of sp³-hybridized carbons (Fsp3) is 0.588. The van der Waals surface area contributed by atoms with Gasteiger partial charge in [0.1, 0.15) is 0 Å².